The minimum Gasteiger partial charge on any atom is -0.385 e. The van der Waals surface area contributed by atoms with E-state index in [1.54, 1.807) is 0 Å². The second-order valence-electron chi connectivity index (χ2n) is 5.23. The van der Waals surface area contributed by atoms with Crippen LogP contribution in [-0.2, 0) is 0 Å². The van der Waals surface area contributed by atoms with Crippen LogP contribution in [0.4, 0.5) is 5.69 Å². The SMILES string of the molecule is CCC(=O)c1ccc(NCC(C)(C)CC)cc1. The highest BCUT2D eigenvalue weighted by molar-refractivity contribution is 5.96. The van der Waals surface area contributed by atoms with Crippen LogP contribution in [-0.4, -0.2) is 12.3 Å². The quantitative estimate of drug-likeness (QED) is 0.749. The van der Waals surface area contributed by atoms with Gasteiger partial charge in [-0.15, -0.1) is 0 Å². The lowest BCUT2D eigenvalue weighted by molar-refractivity contribution is 0.0988. The lowest BCUT2D eigenvalue weighted by atomic mass is 9.90. The van der Waals surface area contributed by atoms with E-state index in [0.717, 1.165) is 24.2 Å². The van der Waals surface area contributed by atoms with Crippen LogP contribution in [0.2, 0.25) is 0 Å². The number of anilines is 1. The highest BCUT2D eigenvalue weighted by Crippen LogP contribution is 2.20. The van der Waals surface area contributed by atoms with Gasteiger partial charge in [0.2, 0.25) is 0 Å². The van der Waals surface area contributed by atoms with Crippen LogP contribution in [0.15, 0.2) is 24.3 Å². The van der Waals surface area contributed by atoms with Crippen molar-refractivity contribution in [2.75, 3.05) is 11.9 Å². The van der Waals surface area contributed by atoms with Gasteiger partial charge in [-0.05, 0) is 36.1 Å². The van der Waals surface area contributed by atoms with Crippen LogP contribution < -0.4 is 5.32 Å². The maximum absolute atomic E-state index is 11.5. The Morgan fingerprint density at radius 3 is 2.24 bits per heavy atom. The van der Waals surface area contributed by atoms with Crippen LogP contribution in [0.5, 0.6) is 0 Å². The molecule has 2 nitrogen and oxygen atoms in total. The summed E-state index contributed by atoms with van der Waals surface area (Å²) in [7, 11) is 0. The van der Waals surface area contributed by atoms with Crippen molar-refractivity contribution in [3.63, 3.8) is 0 Å². The molecule has 1 N–H and O–H groups in total. The molecule has 0 heterocycles. The van der Waals surface area contributed by atoms with E-state index in [4.69, 9.17) is 0 Å². The second-order valence-corrected chi connectivity index (χ2v) is 5.23. The minimum absolute atomic E-state index is 0.199. The Hall–Kier alpha value is -1.31. The Morgan fingerprint density at radius 2 is 1.76 bits per heavy atom. The molecule has 0 aliphatic rings. The third-order valence-corrected chi connectivity index (χ3v) is 3.26. The van der Waals surface area contributed by atoms with Crippen LogP contribution in [0, 0.1) is 5.41 Å². The van der Waals surface area contributed by atoms with E-state index in [0.29, 0.717) is 11.8 Å². The third kappa shape index (κ3) is 4.22. The van der Waals surface area contributed by atoms with E-state index in [2.05, 4.69) is 26.1 Å². The van der Waals surface area contributed by atoms with Gasteiger partial charge < -0.3 is 5.32 Å². The van der Waals surface area contributed by atoms with Gasteiger partial charge in [0.1, 0.15) is 0 Å². The van der Waals surface area contributed by atoms with E-state index < -0.39 is 0 Å². The number of hydrogen-bond donors (Lipinski definition) is 1. The van der Waals surface area contributed by atoms with Crippen LogP contribution in [0.25, 0.3) is 0 Å². The van der Waals surface area contributed by atoms with E-state index >= 15 is 0 Å². The molecule has 0 aromatic heterocycles. The number of carbonyl (C=O) groups is 1. The van der Waals surface area contributed by atoms with Crippen molar-refractivity contribution in [3.05, 3.63) is 29.8 Å². The fourth-order valence-electron chi connectivity index (χ4n) is 1.44. The maximum atomic E-state index is 11.5. The number of Topliss-reactive ketones (excluding diaryl/α,β-unsaturated/α-hetero) is 1. The predicted octanol–water partition coefficient (Wildman–Crippen LogP) is 4.13. The molecular weight excluding hydrogens is 210 g/mol. The number of nitrogens with one attached hydrogen (secondary N) is 1. The van der Waals surface area contributed by atoms with Crippen LogP contribution in [0.3, 0.4) is 0 Å². The zero-order valence-corrected chi connectivity index (χ0v) is 11.3. The maximum Gasteiger partial charge on any atom is 0.162 e. The molecule has 0 fully saturated rings. The largest absolute Gasteiger partial charge is 0.385 e. The summed E-state index contributed by atoms with van der Waals surface area (Å²) in [6.45, 7) is 9.53. The van der Waals surface area contributed by atoms with Crippen molar-refractivity contribution < 1.29 is 4.79 Å². The van der Waals surface area contributed by atoms with Gasteiger partial charge in [-0.3, -0.25) is 4.79 Å². The highest BCUT2D eigenvalue weighted by Gasteiger charge is 2.14. The summed E-state index contributed by atoms with van der Waals surface area (Å²) < 4.78 is 0. The van der Waals surface area contributed by atoms with Gasteiger partial charge in [0.05, 0.1) is 0 Å². The Balaban J connectivity index is 2.60. The van der Waals surface area contributed by atoms with Crippen molar-refractivity contribution >= 4 is 11.5 Å². The lowest BCUT2D eigenvalue weighted by Gasteiger charge is -2.23. The monoisotopic (exact) mass is 233 g/mol. The van der Waals surface area contributed by atoms with Crippen molar-refractivity contribution in [1.29, 1.82) is 0 Å². The second kappa shape index (κ2) is 5.85. The zero-order valence-electron chi connectivity index (χ0n) is 11.3. The summed E-state index contributed by atoms with van der Waals surface area (Å²) in [4.78, 5) is 11.5. The third-order valence-electron chi connectivity index (χ3n) is 3.26. The Kier molecular flexibility index (Phi) is 4.73. The first-order valence-electron chi connectivity index (χ1n) is 6.35. The van der Waals surface area contributed by atoms with E-state index in [1.807, 2.05) is 31.2 Å². The number of benzene rings is 1. The molecule has 0 unspecified atom stereocenters. The normalized spacial score (nSPS) is 11.3. The zero-order chi connectivity index (χ0) is 12.9. The first-order valence-corrected chi connectivity index (χ1v) is 6.35. The molecule has 0 aliphatic carbocycles. The highest BCUT2D eigenvalue weighted by atomic mass is 16.1. The van der Waals surface area contributed by atoms with Gasteiger partial charge in [-0.2, -0.15) is 0 Å². The summed E-state index contributed by atoms with van der Waals surface area (Å²) in [5.74, 6) is 0.199. The van der Waals surface area contributed by atoms with Gasteiger partial charge in [-0.25, -0.2) is 0 Å². The average molecular weight is 233 g/mol. The molecular formula is C15H23NO. The van der Waals surface area contributed by atoms with Crippen molar-refractivity contribution in [3.8, 4) is 0 Å². The summed E-state index contributed by atoms with van der Waals surface area (Å²) >= 11 is 0. The van der Waals surface area contributed by atoms with E-state index in [9.17, 15) is 4.79 Å². The summed E-state index contributed by atoms with van der Waals surface area (Å²) in [6.07, 6.45) is 1.71. The molecule has 0 saturated carbocycles. The van der Waals surface area contributed by atoms with Crippen LogP contribution in [0.1, 0.15) is 50.9 Å². The molecule has 2 heteroatoms. The van der Waals surface area contributed by atoms with Crippen molar-refractivity contribution in [2.45, 2.75) is 40.5 Å². The molecule has 0 saturated heterocycles. The summed E-state index contributed by atoms with van der Waals surface area (Å²) in [5.41, 5.74) is 2.18. The summed E-state index contributed by atoms with van der Waals surface area (Å²) in [6, 6.07) is 7.75. The molecule has 0 spiro atoms. The minimum atomic E-state index is 0.199. The molecule has 1 rings (SSSR count). The predicted molar refractivity (Wildman–Crippen MR) is 73.6 cm³/mol. The van der Waals surface area contributed by atoms with Crippen LogP contribution >= 0.6 is 0 Å². The molecule has 0 aliphatic heterocycles. The number of ketones is 1. The fourth-order valence-corrected chi connectivity index (χ4v) is 1.44. The molecule has 0 atom stereocenters. The fraction of sp³-hybridized carbons (Fsp3) is 0.533. The average Bonchev–Trinajstić information content (AvgIpc) is 2.36. The van der Waals surface area contributed by atoms with Gasteiger partial charge in [0.25, 0.3) is 0 Å². The van der Waals surface area contributed by atoms with E-state index in [1.165, 1.54) is 0 Å². The molecule has 0 bridgehead atoms. The number of rotatable bonds is 6. The van der Waals surface area contributed by atoms with Gasteiger partial charge in [-0.1, -0.05) is 27.7 Å². The smallest absolute Gasteiger partial charge is 0.162 e. The van der Waals surface area contributed by atoms with E-state index in [-0.39, 0.29) is 5.78 Å². The summed E-state index contributed by atoms with van der Waals surface area (Å²) in [5, 5.41) is 3.41. The molecule has 0 amide bonds. The topological polar surface area (TPSA) is 29.1 Å². The lowest BCUT2D eigenvalue weighted by Crippen LogP contribution is -2.21. The standard InChI is InChI=1S/C15H23NO/c1-5-14(17)12-7-9-13(10-8-12)16-11-15(3,4)6-2/h7-10,16H,5-6,11H2,1-4H3. The molecule has 17 heavy (non-hydrogen) atoms. The first kappa shape index (κ1) is 13.8. The molecule has 1 aromatic carbocycles. The van der Waals surface area contributed by atoms with Gasteiger partial charge in [0, 0.05) is 24.2 Å². The Bertz CT molecular complexity index is 365. The van der Waals surface area contributed by atoms with Gasteiger partial charge in [0.15, 0.2) is 5.78 Å². The first-order chi connectivity index (χ1) is 7.98. The van der Waals surface area contributed by atoms with Crippen molar-refractivity contribution in [1.82, 2.24) is 0 Å². The molecule has 0 radical (unpaired) electrons. The Labute approximate surface area is 104 Å². The molecule has 1 aromatic rings. The number of hydrogen-bond acceptors (Lipinski definition) is 2. The molecule has 94 valence electrons. The van der Waals surface area contributed by atoms with Crippen molar-refractivity contribution in [2.24, 2.45) is 5.41 Å². The Morgan fingerprint density at radius 1 is 1.18 bits per heavy atom. The number of carbonyl (C=O) groups excluding carboxylic acids is 1. The van der Waals surface area contributed by atoms with Gasteiger partial charge >= 0.3 is 0 Å².